The smallest absolute Gasteiger partial charge is 0.306 e. The zero-order chi connectivity index (χ0) is 26.4. The van der Waals surface area contributed by atoms with Crippen molar-refractivity contribution >= 4 is 33.0 Å². The van der Waals surface area contributed by atoms with Crippen molar-refractivity contribution in [3.8, 4) is 0 Å². The van der Waals surface area contributed by atoms with E-state index in [1.807, 2.05) is 0 Å². The van der Waals surface area contributed by atoms with Gasteiger partial charge in [-0.25, -0.2) is 0 Å². The predicted octanol–water partition coefficient (Wildman–Crippen LogP) is 5.91. The molecule has 1 heterocycles. The van der Waals surface area contributed by atoms with E-state index < -0.39 is 16.6 Å². The number of rotatable bonds is 7. The molecule has 0 N–H and O–H groups in total. The lowest BCUT2D eigenvalue weighted by atomic mass is 9.93. The fraction of sp³-hybridized carbons (Fsp3) is 0.567. The van der Waals surface area contributed by atoms with Gasteiger partial charge in [-0.15, -0.1) is 0 Å². The maximum absolute atomic E-state index is 12.3. The number of benzene rings is 2. The Hall–Kier alpha value is -1.74. The number of hydrogen-bond acceptors (Lipinski definition) is 4. The maximum atomic E-state index is 12.3. The highest BCUT2D eigenvalue weighted by Crippen LogP contribution is 2.47. The number of fused-ring (bicyclic) bond motifs is 1. The van der Waals surface area contributed by atoms with Crippen LogP contribution in [0.1, 0.15) is 54.4 Å². The van der Waals surface area contributed by atoms with E-state index >= 15 is 0 Å². The fourth-order valence-corrected chi connectivity index (χ4v) is 11.5. The molecule has 1 aliphatic carbocycles. The summed E-state index contributed by atoms with van der Waals surface area (Å²) in [4.78, 5) is 12.3. The van der Waals surface area contributed by atoms with Gasteiger partial charge in [-0.1, -0.05) is 102 Å². The first-order valence-electron chi connectivity index (χ1n) is 13.4. The highest BCUT2D eigenvalue weighted by atomic mass is 28.4. The van der Waals surface area contributed by atoms with E-state index in [4.69, 9.17) is 13.6 Å². The van der Waals surface area contributed by atoms with Crippen LogP contribution in [-0.4, -0.2) is 41.4 Å². The minimum atomic E-state index is -2.72. The predicted molar refractivity (Wildman–Crippen MR) is 152 cm³/mol. The number of hydrogen-bond donors (Lipinski definition) is 0. The van der Waals surface area contributed by atoms with E-state index in [9.17, 15) is 4.79 Å². The summed E-state index contributed by atoms with van der Waals surface area (Å²) in [5, 5.41) is 2.58. The van der Waals surface area contributed by atoms with Crippen molar-refractivity contribution in [2.45, 2.75) is 89.8 Å². The lowest BCUT2D eigenvalue weighted by Gasteiger charge is -2.46. The average Bonchev–Trinajstić information content (AvgIpc) is 3.31. The number of esters is 1. The van der Waals surface area contributed by atoms with Crippen LogP contribution in [0, 0.1) is 11.8 Å². The molecule has 0 radical (unpaired) electrons. The summed E-state index contributed by atoms with van der Waals surface area (Å²) >= 11 is 0. The van der Waals surface area contributed by atoms with Crippen molar-refractivity contribution in [2.75, 3.05) is 6.61 Å². The van der Waals surface area contributed by atoms with Crippen LogP contribution in [0.3, 0.4) is 0 Å². The molecule has 0 bridgehead atoms. The van der Waals surface area contributed by atoms with Gasteiger partial charge in [0, 0.05) is 24.9 Å². The summed E-state index contributed by atoms with van der Waals surface area (Å²) in [5.74, 6) is 0.217. The van der Waals surface area contributed by atoms with Crippen molar-refractivity contribution in [1.82, 2.24) is 0 Å². The molecule has 2 aromatic carbocycles. The number of carbonyl (C=O) groups excluding carboxylic acids is 1. The van der Waals surface area contributed by atoms with Gasteiger partial charge < -0.3 is 13.6 Å². The topological polar surface area (TPSA) is 44.8 Å². The van der Waals surface area contributed by atoms with Gasteiger partial charge in [0.1, 0.15) is 6.10 Å². The van der Waals surface area contributed by atoms with E-state index in [1.165, 1.54) is 10.4 Å². The van der Waals surface area contributed by atoms with Gasteiger partial charge in [0.2, 0.25) is 0 Å². The van der Waals surface area contributed by atoms with E-state index in [-0.39, 0.29) is 40.1 Å². The van der Waals surface area contributed by atoms with Crippen molar-refractivity contribution < 1.29 is 18.4 Å². The van der Waals surface area contributed by atoms with Crippen LogP contribution in [0.5, 0.6) is 0 Å². The molecule has 0 spiro atoms. The third kappa shape index (κ3) is 5.02. The van der Waals surface area contributed by atoms with Gasteiger partial charge in [-0.3, -0.25) is 4.79 Å². The Bertz CT molecular complexity index is 1000. The molecule has 1 saturated carbocycles. The quantitative estimate of drug-likeness (QED) is 0.334. The number of ether oxygens (including phenoxy) is 1. The highest BCUT2D eigenvalue weighted by Gasteiger charge is 2.57. The summed E-state index contributed by atoms with van der Waals surface area (Å²) in [6.45, 7) is 19.0. The van der Waals surface area contributed by atoms with E-state index in [0.717, 1.165) is 6.42 Å². The molecule has 0 aromatic heterocycles. The van der Waals surface area contributed by atoms with Crippen LogP contribution in [0.4, 0.5) is 0 Å². The summed E-state index contributed by atoms with van der Waals surface area (Å²) in [6.07, 6.45) is 1.11. The van der Waals surface area contributed by atoms with Crippen molar-refractivity contribution in [2.24, 2.45) is 11.8 Å². The van der Waals surface area contributed by atoms with Gasteiger partial charge in [0.25, 0.3) is 8.32 Å². The van der Waals surface area contributed by atoms with Crippen molar-refractivity contribution in [3.05, 3.63) is 60.7 Å². The van der Waals surface area contributed by atoms with Crippen LogP contribution in [0.15, 0.2) is 60.7 Å². The zero-order valence-corrected chi connectivity index (χ0v) is 25.3. The molecule has 6 heteroatoms. The Balaban J connectivity index is 1.75. The van der Waals surface area contributed by atoms with E-state index in [2.05, 4.69) is 115 Å². The molecule has 4 rings (SSSR count). The minimum Gasteiger partial charge on any atom is -0.462 e. The standard InChI is InChI=1S/C30H44O4Si2/c1-29(2,3)35(7,8)32-21-25-24-19-28(31)33-26(24)20-27(25)34-36(30(4,5)6,22-15-11-9-12-16-22)23-17-13-10-14-18-23/h9-18,24-27H,19-21H2,1-8H3/t24-,25-,26+,27-/m0/s1. The molecule has 1 aliphatic heterocycles. The highest BCUT2D eigenvalue weighted by molar-refractivity contribution is 6.99. The van der Waals surface area contributed by atoms with Crippen LogP contribution in [0.25, 0.3) is 0 Å². The number of carbonyl (C=O) groups is 1. The summed E-state index contributed by atoms with van der Waals surface area (Å²) in [6, 6.07) is 21.6. The molecule has 1 saturated heterocycles. The molecule has 0 amide bonds. The first-order chi connectivity index (χ1) is 16.8. The third-order valence-electron chi connectivity index (χ3n) is 8.84. The molecule has 36 heavy (non-hydrogen) atoms. The fourth-order valence-electron chi connectivity index (χ4n) is 5.76. The van der Waals surface area contributed by atoms with Crippen LogP contribution >= 0.6 is 0 Å². The molecule has 4 nitrogen and oxygen atoms in total. The largest absolute Gasteiger partial charge is 0.462 e. The molecule has 2 fully saturated rings. The zero-order valence-electron chi connectivity index (χ0n) is 23.3. The van der Waals surface area contributed by atoms with Crippen LogP contribution in [0.2, 0.25) is 23.2 Å². The summed E-state index contributed by atoms with van der Waals surface area (Å²) < 4.78 is 20.1. The molecule has 4 atom stereocenters. The normalized spacial score (nSPS) is 25.1. The Kier molecular flexibility index (Phi) is 7.48. The maximum Gasteiger partial charge on any atom is 0.306 e. The Morgan fingerprint density at radius 2 is 1.39 bits per heavy atom. The second-order valence-electron chi connectivity index (χ2n) is 13.2. The van der Waals surface area contributed by atoms with Crippen molar-refractivity contribution in [3.63, 3.8) is 0 Å². The molecular formula is C30H44O4Si2. The Morgan fingerprint density at radius 1 is 0.861 bits per heavy atom. The first kappa shape index (κ1) is 27.3. The first-order valence-corrected chi connectivity index (χ1v) is 18.2. The van der Waals surface area contributed by atoms with Crippen molar-refractivity contribution in [1.29, 1.82) is 0 Å². The summed E-state index contributed by atoms with van der Waals surface area (Å²) in [5.41, 5.74) is 0. The van der Waals surface area contributed by atoms with Gasteiger partial charge in [-0.05, 0) is 33.5 Å². The molecule has 196 valence electrons. The van der Waals surface area contributed by atoms with Crippen LogP contribution in [-0.2, 0) is 18.4 Å². The van der Waals surface area contributed by atoms with Gasteiger partial charge in [-0.2, -0.15) is 0 Å². The van der Waals surface area contributed by atoms with E-state index in [0.29, 0.717) is 13.0 Å². The lowest BCUT2D eigenvalue weighted by molar-refractivity contribution is -0.141. The Labute approximate surface area is 220 Å². The van der Waals surface area contributed by atoms with Gasteiger partial charge >= 0.3 is 5.97 Å². The third-order valence-corrected chi connectivity index (χ3v) is 18.4. The average molecular weight is 525 g/mol. The molecule has 0 unspecified atom stereocenters. The van der Waals surface area contributed by atoms with Gasteiger partial charge in [0.15, 0.2) is 8.32 Å². The monoisotopic (exact) mass is 524 g/mol. The van der Waals surface area contributed by atoms with E-state index in [1.54, 1.807) is 0 Å². The minimum absolute atomic E-state index is 0.0239. The van der Waals surface area contributed by atoms with Gasteiger partial charge in [0.05, 0.1) is 12.5 Å². The Morgan fingerprint density at radius 3 is 1.86 bits per heavy atom. The lowest BCUT2D eigenvalue weighted by Crippen LogP contribution is -2.68. The molecule has 2 aliphatic rings. The molecule has 2 aromatic rings. The van der Waals surface area contributed by atoms with Crippen LogP contribution < -0.4 is 10.4 Å². The molecular weight excluding hydrogens is 480 g/mol. The SMILES string of the molecule is CC(C)(C)[Si](C)(C)OC[C@H]1[C@@H]2CC(=O)O[C@@H]2C[C@@H]1O[Si](c1ccccc1)(c1ccccc1)C(C)(C)C. The second kappa shape index (κ2) is 9.86. The summed E-state index contributed by atoms with van der Waals surface area (Å²) in [7, 11) is -4.67. The second-order valence-corrected chi connectivity index (χ2v) is 22.2.